The van der Waals surface area contributed by atoms with Gasteiger partial charge in [-0.05, 0) is 48.9 Å². The first-order valence-corrected chi connectivity index (χ1v) is 12.6. The quantitative estimate of drug-likeness (QED) is 0.505. The maximum atomic E-state index is 13.3. The van der Waals surface area contributed by atoms with E-state index < -0.39 is 19.9 Å². The molecule has 0 amide bonds. The monoisotopic (exact) mass is 476 g/mol. The molecule has 32 heavy (non-hydrogen) atoms. The molecule has 8 nitrogen and oxygen atoms in total. The second-order valence-corrected chi connectivity index (χ2v) is 10.6. The van der Waals surface area contributed by atoms with Gasteiger partial charge >= 0.3 is 0 Å². The number of nitrogens with one attached hydrogen (secondary N) is 1. The number of hydrogen-bond donors (Lipinski definition) is 1. The fraction of sp³-hybridized carbons (Fsp3) is 0.227. The van der Waals surface area contributed by atoms with E-state index in [-0.39, 0.29) is 27.0 Å². The van der Waals surface area contributed by atoms with Gasteiger partial charge in [0.05, 0.1) is 24.0 Å². The van der Waals surface area contributed by atoms with Gasteiger partial charge in [0.1, 0.15) is 16.4 Å². The standard InChI is InChI=1S/C22H24N2O6S2/c1-16-7-9-19(31(25,26)21-10-8-18(29-2)14-20(21)30-3)15-22(16)32(27,28)24-13-11-17-6-4-5-12-23-17/h4-10,12,14-15,24H,11,13H2,1-3H3. The van der Waals surface area contributed by atoms with Crippen LogP contribution in [0.4, 0.5) is 0 Å². The van der Waals surface area contributed by atoms with Gasteiger partial charge in [-0.3, -0.25) is 4.98 Å². The summed E-state index contributed by atoms with van der Waals surface area (Å²) in [6.07, 6.45) is 2.04. The first-order valence-electron chi connectivity index (χ1n) is 9.66. The molecular weight excluding hydrogens is 452 g/mol. The molecule has 1 aromatic heterocycles. The lowest BCUT2D eigenvalue weighted by Gasteiger charge is -2.14. The summed E-state index contributed by atoms with van der Waals surface area (Å²) in [5.41, 5.74) is 1.17. The average molecular weight is 477 g/mol. The Morgan fingerprint density at radius 1 is 0.906 bits per heavy atom. The molecule has 0 fully saturated rings. The third kappa shape index (κ3) is 5.09. The summed E-state index contributed by atoms with van der Waals surface area (Å²) in [6, 6.07) is 13.7. The minimum absolute atomic E-state index is 0.0869. The molecule has 0 radical (unpaired) electrons. The molecule has 0 spiro atoms. The largest absolute Gasteiger partial charge is 0.497 e. The predicted octanol–water partition coefficient (Wildman–Crippen LogP) is 2.76. The fourth-order valence-electron chi connectivity index (χ4n) is 3.10. The molecule has 0 aliphatic heterocycles. The van der Waals surface area contributed by atoms with Crippen molar-refractivity contribution < 1.29 is 26.3 Å². The normalized spacial score (nSPS) is 11.8. The van der Waals surface area contributed by atoms with Crippen LogP contribution in [-0.2, 0) is 26.3 Å². The Hall–Kier alpha value is -2.95. The van der Waals surface area contributed by atoms with Crippen LogP contribution < -0.4 is 14.2 Å². The number of nitrogens with zero attached hydrogens (tertiary/aromatic N) is 1. The van der Waals surface area contributed by atoms with Gasteiger partial charge in [0.2, 0.25) is 19.9 Å². The first kappa shape index (κ1) is 23.7. The van der Waals surface area contributed by atoms with Crippen LogP contribution in [0.2, 0.25) is 0 Å². The van der Waals surface area contributed by atoms with Crippen molar-refractivity contribution in [2.45, 2.75) is 28.0 Å². The lowest BCUT2D eigenvalue weighted by atomic mass is 10.2. The van der Waals surface area contributed by atoms with Crippen molar-refractivity contribution in [2.75, 3.05) is 20.8 Å². The first-order chi connectivity index (χ1) is 15.2. The fourth-order valence-corrected chi connectivity index (χ4v) is 5.90. The van der Waals surface area contributed by atoms with Crippen molar-refractivity contribution in [3.8, 4) is 11.5 Å². The molecule has 0 bridgehead atoms. The molecule has 0 unspecified atom stereocenters. The summed E-state index contributed by atoms with van der Waals surface area (Å²) in [7, 11) is -5.19. The van der Waals surface area contributed by atoms with Gasteiger partial charge in [-0.15, -0.1) is 0 Å². The third-order valence-electron chi connectivity index (χ3n) is 4.82. The smallest absolute Gasteiger partial charge is 0.240 e. The Bertz CT molecular complexity index is 1310. The number of hydrogen-bond acceptors (Lipinski definition) is 7. The molecule has 1 heterocycles. The van der Waals surface area contributed by atoms with Crippen LogP contribution in [0, 0.1) is 6.92 Å². The predicted molar refractivity (Wildman–Crippen MR) is 119 cm³/mol. The molecule has 2 aromatic carbocycles. The Morgan fingerprint density at radius 2 is 1.69 bits per heavy atom. The molecule has 0 aliphatic carbocycles. The molecule has 170 valence electrons. The highest BCUT2D eigenvalue weighted by molar-refractivity contribution is 7.92. The second-order valence-electron chi connectivity index (χ2n) is 6.92. The Morgan fingerprint density at radius 3 is 2.34 bits per heavy atom. The summed E-state index contributed by atoms with van der Waals surface area (Å²) in [5, 5.41) is 0. The minimum atomic E-state index is -4.05. The Balaban J connectivity index is 1.92. The zero-order chi connectivity index (χ0) is 23.4. The average Bonchev–Trinajstić information content (AvgIpc) is 2.79. The van der Waals surface area contributed by atoms with Crippen molar-refractivity contribution >= 4 is 19.9 Å². The minimum Gasteiger partial charge on any atom is -0.497 e. The van der Waals surface area contributed by atoms with Gasteiger partial charge in [0, 0.05) is 30.9 Å². The summed E-state index contributed by atoms with van der Waals surface area (Å²) in [6.45, 7) is 1.74. The van der Waals surface area contributed by atoms with E-state index in [0.717, 1.165) is 11.8 Å². The van der Waals surface area contributed by atoms with Crippen LogP contribution >= 0.6 is 0 Å². The lowest BCUT2D eigenvalue weighted by Crippen LogP contribution is -2.27. The van der Waals surface area contributed by atoms with E-state index in [1.165, 1.54) is 44.6 Å². The summed E-state index contributed by atoms with van der Waals surface area (Å²) in [5.74, 6) is 0.535. The number of sulfone groups is 1. The van der Waals surface area contributed by atoms with Gasteiger partial charge in [-0.2, -0.15) is 0 Å². The summed E-state index contributed by atoms with van der Waals surface area (Å²) < 4.78 is 65.2. The van der Waals surface area contributed by atoms with Crippen LogP contribution in [0.3, 0.4) is 0 Å². The van der Waals surface area contributed by atoms with E-state index in [9.17, 15) is 16.8 Å². The molecule has 10 heteroatoms. The molecular formula is C22H24N2O6S2. The van der Waals surface area contributed by atoms with Crippen molar-refractivity contribution in [3.05, 3.63) is 72.1 Å². The van der Waals surface area contributed by atoms with Crippen molar-refractivity contribution in [2.24, 2.45) is 0 Å². The number of aromatic nitrogens is 1. The van der Waals surface area contributed by atoms with E-state index in [0.29, 0.717) is 17.7 Å². The third-order valence-corrected chi connectivity index (χ3v) is 8.21. The molecule has 3 rings (SSSR count). The van der Waals surface area contributed by atoms with Crippen LogP contribution in [0.1, 0.15) is 11.3 Å². The van der Waals surface area contributed by atoms with Crippen molar-refractivity contribution in [3.63, 3.8) is 0 Å². The van der Waals surface area contributed by atoms with Crippen molar-refractivity contribution in [1.29, 1.82) is 0 Å². The van der Waals surface area contributed by atoms with E-state index in [2.05, 4.69) is 9.71 Å². The van der Waals surface area contributed by atoms with Gasteiger partial charge in [0.25, 0.3) is 0 Å². The van der Waals surface area contributed by atoms with Crippen LogP contribution in [0.15, 0.2) is 75.5 Å². The van der Waals surface area contributed by atoms with Crippen molar-refractivity contribution in [1.82, 2.24) is 9.71 Å². The topological polar surface area (TPSA) is 112 Å². The zero-order valence-corrected chi connectivity index (χ0v) is 19.5. The van der Waals surface area contributed by atoms with E-state index in [4.69, 9.17) is 9.47 Å². The number of aryl methyl sites for hydroxylation is 1. The number of rotatable bonds is 9. The number of methoxy groups -OCH3 is 2. The van der Waals surface area contributed by atoms with E-state index >= 15 is 0 Å². The SMILES string of the molecule is COc1ccc(S(=O)(=O)c2ccc(C)c(S(=O)(=O)NCCc3ccccn3)c2)c(OC)c1. The highest BCUT2D eigenvalue weighted by atomic mass is 32.2. The van der Waals surface area contributed by atoms with E-state index in [1.54, 1.807) is 25.3 Å². The lowest BCUT2D eigenvalue weighted by molar-refractivity contribution is 0.386. The van der Waals surface area contributed by atoms with E-state index in [1.807, 2.05) is 6.07 Å². The number of ether oxygens (including phenoxy) is 2. The maximum Gasteiger partial charge on any atom is 0.240 e. The molecule has 1 N–H and O–H groups in total. The van der Waals surface area contributed by atoms with Crippen LogP contribution in [0.5, 0.6) is 11.5 Å². The Kier molecular flexibility index (Phi) is 7.17. The van der Waals surface area contributed by atoms with Crippen LogP contribution in [0.25, 0.3) is 0 Å². The molecule has 0 saturated heterocycles. The zero-order valence-electron chi connectivity index (χ0n) is 17.9. The molecule has 0 aliphatic rings. The van der Waals surface area contributed by atoms with Gasteiger partial charge in [0.15, 0.2) is 0 Å². The molecule has 0 saturated carbocycles. The maximum absolute atomic E-state index is 13.3. The summed E-state index contributed by atoms with van der Waals surface area (Å²) >= 11 is 0. The highest BCUT2D eigenvalue weighted by Gasteiger charge is 2.26. The van der Waals surface area contributed by atoms with Gasteiger partial charge in [-0.1, -0.05) is 12.1 Å². The highest BCUT2D eigenvalue weighted by Crippen LogP contribution is 2.33. The van der Waals surface area contributed by atoms with Crippen LogP contribution in [-0.4, -0.2) is 42.6 Å². The van der Waals surface area contributed by atoms with Gasteiger partial charge in [-0.25, -0.2) is 21.6 Å². The second kappa shape index (κ2) is 9.68. The molecule has 0 atom stereocenters. The summed E-state index contributed by atoms with van der Waals surface area (Å²) in [4.78, 5) is 3.81. The molecule has 3 aromatic rings. The Labute approximate surface area is 188 Å². The number of benzene rings is 2. The van der Waals surface area contributed by atoms with Gasteiger partial charge < -0.3 is 9.47 Å². The number of sulfonamides is 1. The number of pyridine rings is 1.